The Balaban J connectivity index is 2.84. The number of benzene rings is 1. The highest BCUT2D eigenvalue weighted by Gasteiger charge is 2.34. The lowest BCUT2D eigenvalue weighted by atomic mass is 10.1. The number of hydrogen-bond acceptors (Lipinski definition) is 3. The van der Waals surface area contributed by atoms with Crippen molar-refractivity contribution in [3.05, 3.63) is 35.4 Å². The topological polar surface area (TPSA) is 27.7 Å². The van der Waals surface area contributed by atoms with Crippen molar-refractivity contribution in [3.63, 3.8) is 0 Å². The molecule has 21 heavy (non-hydrogen) atoms. The minimum Gasteiger partial charge on any atom is -0.380 e. The number of aryl methyl sites for hydroxylation is 1. The van der Waals surface area contributed by atoms with Crippen LogP contribution in [-0.4, -0.2) is 28.7 Å². The summed E-state index contributed by atoms with van der Waals surface area (Å²) in [6, 6.07) is 3.56. The molecule has 1 aromatic rings. The first-order valence-corrected chi connectivity index (χ1v) is 7.94. The van der Waals surface area contributed by atoms with Gasteiger partial charge in [0.1, 0.15) is 11.6 Å². The molecule has 1 aromatic carbocycles. The van der Waals surface area contributed by atoms with Gasteiger partial charge in [0.15, 0.2) is 10.5 Å². The van der Waals surface area contributed by atoms with E-state index in [2.05, 4.69) is 0 Å². The van der Waals surface area contributed by atoms with Gasteiger partial charge in [0.25, 0.3) is 5.97 Å². The molecule has 0 saturated carbocycles. The second-order valence-electron chi connectivity index (χ2n) is 5.46. The van der Waals surface area contributed by atoms with Crippen LogP contribution in [0.2, 0.25) is 0 Å². The summed E-state index contributed by atoms with van der Waals surface area (Å²) in [6.45, 7) is 7.55. The van der Waals surface area contributed by atoms with E-state index in [-0.39, 0.29) is 12.2 Å². The molecule has 3 nitrogen and oxygen atoms in total. The van der Waals surface area contributed by atoms with Crippen molar-refractivity contribution in [2.75, 3.05) is 0 Å². The van der Waals surface area contributed by atoms with Crippen LogP contribution < -0.4 is 0 Å². The maximum Gasteiger partial charge on any atom is 0.273 e. The van der Waals surface area contributed by atoms with E-state index in [1.54, 1.807) is 0 Å². The van der Waals surface area contributed by atoms with Gasteiger partial charge < -0.3 is 13.9 Å². The molecule has 0 N–H and O–H groups in total. The van der Waals surface area contributed by atoms with Crippen LogP contribution in [0.1, 0.15) is 39.7 Å². The van der Waals surface area contributed by atoms with E-state index in [0.717, 1.165) is 6.07 Å². The van der Waals surface area contributed by atoms with Crippen LogP contribution in [0, 0.1) is 11.6 Å². The molecule has 0 fully saturated rings. The quantitative estimate of drug-likeness (QED) is 0.545. The summed E-state index contributed by atoms with van der Waals surface area (Å²) in [6.07, 6.45) is 0.509. The maximum absolute atomic E-state index is 13.7. The van der Waals surface area contributed by atoms with Crippen LogP contribution in [0.15, 0.2) is 18.2 Å². The molecule has 0 aromatic heterocycles. The third-order valence-electron chi connectivity index (χ3n) is 2.86. The molecule has 0 aliphatic heterocycles. The number of ether oxygens (including phenoxy) is 2. The summed E-state index contributed by atoms with van der Waals surface area (Å²) >= 11 is 0. The SMILES string of the molecule is CC(C)OC(CCc1ccc(F)cc1F)(O[SiH3])OC(C)C. The Morgan fingerprint density at radius 1 is 1.10 bits per heavy atom. The van der Waals surface area contributed by atoms with Gasteiger partial charge in [0, 0.05) is 12.5 Å². The first kappa shape index (κ1) is 18.2. The van der Waals surface area contributed by atoms with Crippen LogP contribution in [0.5, 0.6) is 0 Å². The van der Waals surface area contributed by atoms with Gasteiger partial charge in [-0.05, 0) is 45.7 Å². The Labute approximate surface area is 128 Å². The second-order valence-corrected chi connectivity index (χ2v) is 5.86. The highest BCUT2D eigenvalue weighted by atomic mass is 28.2. The van der Waals surface area contributed by atoms with Crippen molar-refractivity contribution in [2.24, 2.45) is 0 Å². The normalized spacial score (nSPS) is 12.6. The third-order valence-corrected chi connectivity index (χ3v) is 3.48. The van der Waals surface area contributed by atoms with Crippen LogP contribution >= 0.6 is 0 Å². The fraction of sp³-hybridized carbons (Fsp3) is 0.600. The number of hydrogen-bond donors (Lipinski definition) is 0. The Morgan fingerprint density at radius 2 is 1.67 bits per heavy atom. The molecule has 0 heterocycles. The zero-order valence-electron chi connectivity index (χ0n) is 13.3. The van der Waals surface area contributed by atoms with Gasteiger partial charge in [-0.25, -0.2) is 8.78 Å². The summed E-state index contributed by atoms with van der Waals surface area (Å²) in [5.41, 5.74) is 0.416. The van der Waals surface area contributed by atoms with Crippen LogP contribution in [-0.2, 0) is 20.3 Å². The molecule has 0 amide bonds. The molecule has 120 valence electrons. The second kappa shape index (κ2) is 7.98. The predicted octanol–water partition coefficient (Wildman–Crippen LogP) is 2.70. The summed E-state index contributed by atoms with van der Waals surface area (Å²) in [5, 5.41) is 0. The van der Waals surface area contributed by atoms with Crippen molar-refractivity contribution in [1.82, 2.24) is 0 Å². The molecule has 0 spiro atoms. The molecule has 0 aliphatic carbocycles. The highest BCUT2D eigenvalue weighted by molar-refractivity contribution is 5.98. The van der Waals surface area contributed by atoms with E-state index < -0.39 is 17.6 Å². The largest absolute Gasteiger partial charge is 0.380 e. The van der Waals surface area contributed by atoms with Crippen molar-refractivity contribution in [1.29, 1.82) is 0 Å². The molecule has 0 radical (unpaired) electrons. The van der Waals surface area contributed by atoms with E-state index in [1.807, 2.05) is 27.7 Å². The van der Waals surface area contributed by atoms with E-state index in [1.165, 1.54) is 12.1 Å². The minimum atomic E-state index is -1.17. The van der Waals surface area contributed by atoms with Crippen molar-refractivity contribution < 1.29 is 22.7 Å². The molecule has 6 heteroatoms. The lowest BCUT2D eigenvalue weighted by molar-refractivity contribution is -0.368. The zero-order chi connectivity index (χ0) is 16.0. The number of halogens is 2. The van der Waals surface area contributed by atoms with Gasteiger partial charge in [-0.3, -0.25) is 0 Å². The first-order chi connectivity index (χ1) is 9.78. The fourth-order valence-corrected chi connectivity index (χ4v) is 2.47. The smallest absolute Gasteiger partial charge is 0.273 e. The van der Waals surface area contributed by atoms with Crippen molar-refractivity contribution in [3.8, 4) is 0 Å². The summed E-state index contributed by atoms with van der Waals surface area (Å²) in [7, 11) is 0.427. The number of rotatable bonds is 8. The molecule has 0 bridgehead atoms. The van der Waals surface area contributed by atoms with Crippen LogP contribution in [0.3, 0.4) is 0 Å². The Hall–Kier alpha value is -0.823. The van der Waals surface area contributed by atoms with E-state index >= 15 is 0 Å². The molecule has 0 aliphatic rings. The van der Waals surface area contributed by atoms with Gasteiger partial charge in [0.2, 0.25) is 0 Å². The Kier molecular flexibility index (Phi) is 6.93. The monoisotopic (exact) mass is 318 g/mol. The molecular weight excluding hydrogens is 294 g/mol. The van der Waals surface area contributed by atoms with E-state index in [4.69, 9.17) is 13.9 Å². The van der Waals surface area contributed by atoms with Crippen LogP contribution in [0.25, 0.3) is 0 Å². The standard InChI is InChI=1S/C15H24F2O3Si/c1-10(2)18-15(20-21,19-11(3)4)8-7-12-5-6-13(16)9-14(12)17/h5-6,9-11H,7-8H2,1-4,21H3. The van der Waals surface area contributed by atoms with Gasteiger partial charge >= 0.3 is 0 Å². The molecule has 0 atom stereocenters. The molecule has 0 saturated heterocycles. The third kappa shape index (κ3) is 5.82. The van der Waals surface area contributed by atoms with E-state index in [9.17, 15) is 8.78 Å². The molecule has 0 unspecified atom stereocenters. The average Bonchev–Trinajstić information content (AvgIpc) is 2.36. The van der Waals surface area contributed by atoms with Gasteiger partial charge in [-0.15, -0.1) is 0 Å². The van der Waals surface area contributed by atoms with E-state index in [0.29, 0.717) is 28.9 Å². The lowest BCUT2D eigenvalue weighted by Crippen LogP contribution is -2.43. The van der Waals surface area contributed by atoms with Crippen LogP contribution in [0.4, 0.5) is 8.78 Å². The van der Waals surface area contributed by atoms with Crippen molar-refractivity contribution >= 4 is 10.5 Å². The Morgan fingerprint density at radius 3 is 2.10 bits per heavy atom. The fourth-order valence-electron chi connectivity index (χ4n) is 2.07. The van der Waals surface area contributed by atoms with Crippen molar-refractivity contribution in [2.45, 2.75) is 58.7 Å². The minimum absolute atomic E-state index is 0.0873. The summed E-state index contributed by atoms with van der Waals surface area (Å²) in [5.74, 6) is -2.32. The first-order valence-electron chi connectivity index (χ1n) is 7.12. The lowest BCUT2D eigenvalue weighted by Gasteiger charge is -2.36. The zero-order valence-corrected chi connectivity index (χ0v) is 15.3. The maximum atomic E-state index is 13.7. The average molecular weight is 318 g/mol. The highest BCUT2D eigenvalue weighted by Crippen LogP contribution is 2.26. The van der Waals surface area contributed by atoms with Gasteiger partial charge in [-0.1, -0.05) is 6.07 Å². The van der Waals surface area contributed by atoms with Gasteiger partial charge in [-0.2, -0.15) is 0 Å². The molecular formula is C15H24F2O3Si. The van der Waals surface area contributed by atoms with Gasteiger partial charge in [0.05, 0.1) is 12.2 Å². The predicted molar refractivity (Wildman–Crippen MR) is 80.9 cm³/mol. The summed E-state index contributed by atoms with van der Waals surface area (Å²) < 4.78 is 43.7. The molecule has 1 rings (SSSR count). The summed E-state index contributed by atoms with van der Waals surface area (Å²) in [4.78, 5) is 0. The Bertz CT molecular complexity index is 443.